The molecule has 21 heavy (non-hydrogen) atoms. The summed E-state index contributed by atoms with van der Waals surface area (Å²) in [5.41, 5.74) is 8.60. The van der Waals surface area contributed by atoms with Gasteiger partial charge in [-0.3, -0.25) is 15.1 Å². The minimum Gasteiger partial charge on any atom is -0.370 e. The van der Waals surface area contributed by atoms with E-state index in [2.05, 4.69) is 10.3 Å². The largest absolute Gasteiger partial charge is 0.370 e. The van der Waals surface area contributed by atoms with Crippen molar-refractivity contribution >= 4 is 11.9 Å². The van der Waals surface area contributed by atoms with Crippen LogP contribution in [0.15, 0.2) is 59.6 Å². The van der Waals surface area contributed by atoms with Crippen LogP contribution in [0, 0.1) is 6.92 Å². The van der Waals surface area contributed by atoms with Gasteiger partial charge in [0.05, 0.1) is 0 Å². The molecule has 0 unspecified atom stereocenters. The molecular weight excluding hydrogens is 262 g/mol. The molecule has 0 spiro atoms. The number of nitrogens with one attached hydrogen (secondary N) is 1. The van der Waals surface area contributed by atoms with Crippen molar-refractivity contribution in [2.24, 2.45) is 10.7 Å². The van der Waals surface area contributed by atoms with Crippen LogP contribution >= 0.6 is 0 Å². The Balaban J connectivity index is 1.85. The van der Waals surface area contributed by atoms with Crippen molar-refractivity contribution in [3.8, 4) is 0 Å². The number of carbonyl (C=O) groups is 1. The predicted octanol–water partition coefficient (Wildman–Crippen LogP) is 2.28. The molecule has 0 radical (unpaired) electrons. The molecule has 2 aromatic carbocycles. The Kier molecular flexibility index (Phi) is 5.10. The van der Waals surface area contributed by atoms with Gasteiger partial charge in [-0.15, -0.1) is 0 Å². The van der Waals surface area contributed by atoms with E-state index >= 15 is 0 Å². The topological polar surface area (TPSA) is 67.5 Å². The first-order valence-electron chi connectivity index (χ1n) is 6.87. The highest BCUT2D eigenvalue weighted by atomic mass is 16.1. The highest BCUT2D eigenvalue weighted by molar-refractivity contribution is 6.05. The second kappa shape index (κ2) is 7.24. The predicted molar refractivity (Wildman–Crippen MR) is 85.3 cm³/mol. The van der Waals surface area contributed by atoms with Crippen LogP contribution in [-0.2, 0) is 6.42 Å². The molecule has 0 saturated heterocycles. The fourth-order valence-electron chi connectivity index (χ4n) is 1.88. The Morgan fingerprint density at radius 1 is 1.10 bits per heavy atom. The van der Waals surface area contributed by atoms with Crippen molar-refractivity contribution in [2.75, 3.05) is 6.54 Å². The van der Waals surface area contributed by atoms with Gasteiger partial charge in [0.15, 0.2) is 5.96 Å². The summed E-state index contributed by atoms with van der Waals surface area (Å²) in [5, 5.41) is 2.59. The van der Waals surface area contributed by atoms with Crippen LogP contribution in [0.3, 0.4) is 0 Å². The second-order valence-electron chi connectivity index (χ2n) is 4.82. The van der Waals surface area contributed by atoms with Gasteiger partial charge in [-0.1, -0.05) is 48.0 Å². The lowest BCUT2D eigenvalue weighted by atomic mass is 10.1. The molecule has 0 fully saturated rings. The first-order chi connectivity index (χ1) is 10.1. The highest BCUT2D eigenvalue weighted by Crippen LogP contribution is 2.02. The number of benzene rings is 2. The van der Waals surface area contributed by atoms with Crippen LogP contribution in [0.1, 0.15) is 21.5 Å². The lowest BCUT2D eigenvalue weighted by molar-refractivity contribution is 0.0976. The van der Waals surface area contributed by atoms with Crippen LogP contribution in [0.25, 0.3) is 0 Å². The van der Waals surface area contributed by atoms with Crippen molar-refractivity contribution in [2.45, 2.75) is 13.3 Å². The number of hydrogen-bond acceptors (Lipinski definition) is 2. The molecule has 0 aliphatic carbocycles. The van der Waals surface area contributed by atoms with Gasteiger partial charge >= 0.3 is 0 Å². The van der Waals surface area contributed by atoms with E-state index in [1.807, 2.05) is 49.4 Å². The molecule has 0 bridgehead atoms. The van der Waals surface area contributed by atoms with E-state index in [1.54, 1.807) is 12.1 Å². The number of hydrogen-bond donors (Lipinski definition) is 2. The van der Waals surface area contributed by atoms with E-state index in [1.165, 1.54) is 5.56 Å². The quantitative estimate of drug-likeness (QED) is 0.667. The van der Waals surface area contributed by atoms with E-state index < -0.39 is 0 Å². The standard InChI is InChI=1S/C17H19N3O/c1-13-7-9-15(10-8-13)16(21)20-17(18)19-12-11-14-5-3-2-4-6-14/h2-10H,11-12H2,1H3,(H3,18,19,20,21). The summed E-state index contributed by atoms with van der Waals surface area (Å²) >= 11 is 0. The van der Waals surface area contributed by atoms with Gasteiger partial charge in [0.1, 0.15) is 0 Å². The zero-order valence-electron chi connectivity index (χ0n) is 12.0. The van der Waals surface area contributed by atoms with Crippen molar-refractivity contribution in [1.29, 1.82) is 0 Å². The zero-order valence-corrected chi connectivity index (χ0v) is 12.0. The summed E-state index contributed by atoms with van der Waals surface area (Å²) in [4.78, 5) is 16.1. The van der Waals surface area contributed by atoms with Crippen LogP contribution in [0.2, 0.25) is 0 Å². The maximum Gasteiger partial charge on any atom is 0.257 e. The average Bonchev–Trinajstić information content (AvgIpc) is 2.49. The molecule has 0 saturated carbocycles. The maximum absolute atomic E-state index is 11.9. The number of aryl methyl sites for hydroxylation is 1. The second-order valence-corrected chi connectivity index (χ2v) is 4.82. The summed E-state index contributed by atoms with van der Waals surface area (Å²) in [6.45, 7) is 2.52. The number of aliphatic imine (C=N–C) groups is 1. The van der Waals surface area contributed by atoms with Gasteiger partial charge in [0, 0.05) is 12.1 Å². The summed E-state index contributed by atoms with van der Waals surface area (Å²) in [7, 11) is 0. The van der Waals surface area contributed by atoms with Gasteiger partial charge in [0.2, 0.25) is 0 Å². The smallest absolute Gasteiger partial charge is 0.257 e. The highest BCUT2D eigenvalue weighted by Gasteiger charge is 2.05. The Morgan fingerprint density at radius 3 is 2.43 bits per heavy atom. The molecule has 0 aliphatic rings. The Morgan fingerprint density at radius 2 is 1.76 bits per heavy atom. The molecule has 0 aromatic heterocycles. The van der Waals surface area contributed by atoms with Gasteiger partial charge < -0.3 is 5.73 Å². The lowest BCUT2D eigenvalue weighted by Crippen LogP contribution is -2.37. The van der Waals surface area contributed by atoms with Crippen molar-refractivity contribution < 1.29 is 4.79 Å². The molecule has 2 aromatic rings. The Bertz CT molecular complexity index is 618. The van der Waals surface area contributed by atoms with E-state index in [-0.39, 0.29) is 11.9 Å². The molecule has 4 nitrogen and oxygen atoms in total. The fraction of sp³-hybridized carbons (Fsp3) is 0.176. The summed E-state index contributed by atoms with van der Waals surface area (Å²) < 4.78 is 0. The van der Waals surface area contributed by atoms with Crippen molar-refractivity contribution in [3.63, 3.8) is 0 Å². The molecular formula is C17H19N3O. The summed E-state index contributed by atoms with van der Waals surface area (Å²) in [6, 6.07) is 17.3. The first kappa shape index (κ1) is 14.8. The van der Waals surface area contributed by atoms with Crippen LogP contribution in [0.5, 0.6) is 0 Å². The van der Waals surface area contributed by atoms with Gasteiger partial charge in [-0.05, 0) is 31.0 Å². The average molecular weight is 281 g/mol. The third kappa shape index (κ3) is 4.76. The first-order valence-corrected chi connectivity index (χ1v) is 6.87. The number of amides is 1. The van der Waals surface area contributed by atoms with Crippen molar-refractivity contribution in [1.82, 2.24) is 5.32 Å². The Hall–Kier alpha value is -2.62. The summed E-state index contributed by atoms with van der Waals surface area (Å²) in [5.74, 6) is -0.0903. The molecule has 2 rings (SSSR count). The summed E-state index contributed by atoms with van der Waals surface area (Å²) in [6.07, 6.45) is 0.794. The molecule has 108 valence electrons. The van der Waals surface area contributed by atoms with E-state index in [9.17, 15) is 4.79 Å². The lowest BCUT2D eigenvalue weighted by Gasteiger charge is -2.05. The molecule has 0 heterocycles. The minimum absolute atomic E-state index is 0.150. The third-order valence-corrected chi connectivity index (χ3v) is 3.08. The molecule has 3 N–H and O–H groups in total. The number of nitrogens with zero attached hydrogens (tertiary/aromatic N) is 1. The van der Waals surface area contributed by atoms with E-state index in [0.717, 1.165) is 12.0 Å². The van der Waals surface area contributed by atoms with E-state index in [0.29, 0.717) is 12.1 Å². The molecule has 1 amide bonds. The van der Waals surface area contributed by atoms with Crippen LogP contribution in [-0.4, -0.2) is 18.4 Å². The van der Waals surface area contributed by atoms with Crippen molar-refractivity contribution in [3.05, 3.63) is 71.3 Å². The monoisotopic (exact) mass is 281 g/mol. The Labute approximate surface area is 124 Å². The molecule has 0 atom stereocenters. The van der Waals surface area contributed by atoms with Crippen LogP contribution < -0.4 is 11.1 Å². The van der Waals surface area contributed by atoms with E-state index in [4.69, 9.17) is 5.73 Å². The maximum atomic E-state index is 11.9. The molecule has 0 aliphatic heterocycles. The SMILES string of the molecule is Cc1ccc(C(=O)NC(N)=NCCc2ccccc2)cc1. The number of guanidine groups is 1. The number of carbonyl (C=O) groups excluding carboxylic acids is 1. The fourth-order valence-corrected chi connectivity index (χ4v) is 1.88. The normalized spacial score (nSPS) is 11.2. The third-order valence-electron chi connectivity index (χ3n) is 3.08. The van der Waals surface area contributed by atoms with Gasteiger partial charge in [-0.2, -0.15) is 0 Å². The zero-order chi connectivity index (χ0) is 15.1. The van der Waals surface area contributed by atoms with Gasteiger partial charge in [-0.25, -0.2) is 0 Å². The van der Waals surface area contributed by atoms with Gasteiger partial charge in [0.25, 0.3) is 5.91 Å². The number of rotatable bonds is 4. The van der Waals surface area contributed by atoms with Crippen LogP contribution in [0.4, 0.5) is 0 Å². The molecule has 4 heteroatoms. The number of nitrogens with two attached hydrogens (primary N) is 1. The minimum atomic E-state index is -0.240.